The zero-order valence-corrected chi connectivity index (χ0v) is 4.86. The van der Waals surface area contributed by atoms with Gasteiger partial charge < -0.3 is 4.74 Å². The van der Waals surface area contributed by atoms with Crippen molar-refractivity contribution in [1.82, 2.24) is 0 Å². The van der Waals surface area contributed by atoms with Crippen LogP contribution in [0, 0.1) is 0 Å². The lowest BCUT2D eigenvalue weighted by atomic mass is 10.4. The van der Waals surface area contributed by atoms with Gasteiger partial charge in [0, 0.05) is 0 Å². The molecule has 0 heterocycles. The predicted molar refractivity (Wildman–Crippen MR) is 25.1 cm³/mol. The van der Waals surface area contributed by atoms with Gasteiger partial charge in [-0.1, -0.05) is 0 Å². The van der Waals surface area contributed by atoms with Gasteiger partial charge in [-0.3, -0.25) is 4.79 Å². The molecule has 2 atom stereocenters. The number of alkyl halides is 2. The van der Waals surface area contributed by atoms with Crippen LogP contribution in [0.5, 0.6) is 0 Å². The fourth-order valence-electron chi connectivity index (χ4n) is 0.624. The molecule has 0 saturated heterocycles. The molecule has 0 radical (unpaired) electrons. The molecule has 0 amide bonds. The van der Waals surface area contributed by atoms with Crippen molar-refractivity contribution in [1.29, 1.82) is 0 Å². The van der Waals surface area contributed by atoms with Crippen LogP contribution in [0.4, 0.5) is 8.78 Å². The molecule has 0 aromatic rings. The van der Waals surface area contributed by atoms with E-state index in [1.54, 1.807) is 0 Å². The summed E-state index contributed by atoms with van der Waals surface area (Å²) in [6, 6.07) is 0. The van der Waals surface area contributed by atoms with E-state index in [1.807, 2.05) is 0 Å². The van der Waals surface area contributed by atoms with Crippen molar-refractivity contribution in [3.8, 4) is 0 Å². The molecule has 0 spiro atoms. The third-order valence-electron chi connectivity index (χ3n) is 1.45. The lowest BCUT2D eigenvalue weighted by Crippen LogP contribution is -2.16. The lowest BCUT2D eigenvalue weighted by molar-refractivity contribution is -0.151. The quantitative estimate of drug-likeness (QED) is 0.528. The molecule has 1 fully saturated rings. The summed E-state index contributed by atoms with van der Waals surface area (Å²) < 4.78 is 28.7. The van der Waals surface area contributed by atoms with Gasteiger partial charge in [-0.25, -0.2) is 4.39 Å². The normalized spacial score (nSPS) is 48.3. The summed E-state index contributed by atoms with van der Waals surface area (Å²) in [7, 11) is 0. The minimum absolute atomic E-state index is 0.0785. The van der Waals surface area contributed by atoms with E-state index in [4.69, 9.17) is 0 Å². The Labute approximate surface area is 50.8 Å². The summed E-state index contributed by atoms with van der Waals surface area (Å²) in [4.78, 5) is 9.52. The van der Waals surface area contributed by atoms with Gasteiger partial charge in [0.2, 0.25) is 0 Å². The highest BCUT2D eigenvalue weighted by atomic mass is 19.2. The molecule has 1 saturated carbocycles. The Balaban J connectivity index is 2.52. The van der Waals surface area contributed by atoms with Gasteiger partial charge in [0.15, 0.2) is 5.67 Å². The first-order valence-electron chi connectivity index (χ1n) is 2.51. The average molecular weight is 136 g/mol. The Morgan fingerprint density at radius 1 is 1.67 bits per heavy atom. The molecule has 52 valence electrons. The number of hydrogen-bond donors (Lipinski definition) is 0. The first kappa shape index (κ1) is 6.45. The van der Waals surface area contributed by atoms with Crippen molar-refractivity contribution >= 4 is 6.47 Å². The van der Waals surface area contributed by atoms with Gasteiger partial charge in [0.25, 0.3) is 12.3 Å². The van der Waals surface area contributed by atoms with Gasteiger partial charge in [-0.2, -0.15) is 4.39 Å². The Kier molecular flexibility index (Phi) is 1.03. The lowest BCUT2D eigenvalue weighted by Gasteiger charge is -2.03. The molecule has 1 rings (SSSR count). The van der Waals surface area contributed by atoms with Crippen molar-refractivity contribution in [2.75, 3.05) is 0 Å². The van der Waals surface area contributed by atoms with Crippen molar-refractivity contribution in [2.45, 2.75) is 24.9 Å². The van der Waals surface area contributed by atoms with Crippen LogP contribution < -0.4 is 0 Å². The Hall–Kier alpha value is -0.670. The maximum absolute atomic E-state index is 12.4. The van der Waals surface area contributed by atoms with E-state index < -0.39 is 11.5 Å². The van der Waals surface area contributed by atoms with Crippen LogP contribution in [0.2, 0.25) is 0 Å². The van der Waals surface area contributed by atoms with E-state index in [0.717, 1.165) is 6.92 Å². The van der Waals surface area contributed by atoms with Crippen LogP contribution in [0.15, 0.2) is 0 Å². The maximum Gasteiger partial charge on any atom is 0.295 e. The topological polar surface area (TPSA) is 26.3 Å². The minimum Gasteiger partial charge on any atom is -0.427 e. The Bertz CT molecular complexity index is 146. The summed E-state index contributed by atoms with van der Waals surface area (Å²) in [5.41, 5.74) is -1.96. The van der Waals surface area contributed by atoms with E-state index in [-0.39, 0.29) is 12.9 Å². The summed E-state index contributed by atoms with van der Waals surface area (Å²) in [5, 5.41) is 0. The molecule has 0 aromatic carbocycles. The van der Waals surface area contributed by atoms with Gasteiger partial charge in [0.05, 0.1) is 6.42 Å². The van der Waals surface area contributed by atoms with E-state index in [0.29, 0.717) is 0 Å². The van der Waals surface area contributed by atoms with Crippen LogP contribution in [0.1, 0.15) is 13.3 Å². The van der Waals surface area contributed by atoms with Gasteiger partial charge in [0.1, 0.15) is 0 Å². The number of carbonyl (C=O) groups excluding carboxylic acids is 1. The number of hydrogen-bond acceptors (Lipinski definition) is 2. The van der Waals surface area contributed by atoms with Crippen molar-refractivity contribution in [3.63, 3.8) is 0 Å². The highest BCUT2D eigenvalue weighted by Gasteiger charge is 2.71. The van der Waals surface area contributed by atoms with Crippen molar-refractivity contribution in [2.24, 2.45) is 0 Å². The third kappa shape index (κ3) is 0.781. The zero-order chi connectivity index (χ0) is 7.12. The molecule has 0 N–H and O–H groups in total. The van der Waals surface area contributed by atoms with Crippen LogP contribution in [0.25, 0.3) is 0 Å². The maximum atomic E-state index is 12.4. The molecule has 9 heavy (non-hydrogen) atoms. The molecule has 2 nitrogen and oxygen atoms in total. The number of halogens is 2. The average Bonchev–Trinajstić information content (AvgIpc) is 2.07. The molecule has 1 aliphatic rings. The fourth-order valence-corrected chi connectivity index (χ4v) is 0.624. The molecular formula is C5H6F2O2. The standard InChI is InChI=1S/C5H6F2O2/c1-4(6)2-5(4,7)9-3-8/h3H,2H2,1H3. The van der Waals surface area contributed by atoms with E-state index in [9.17, 15) is 13.6 Å². The highest BCUT2D eigenvalue weighted by Crippen LogP contribution is 2.54. The number of ether oxygens (including phenoxy) is 1. The highest BCUT2D eigenvalue weighted by molar-refractivity contribution is 5.40. The van der Waals surface area contributed by atoms with Crippen molar-refractivity contribution < 1.29 is 18.3 Å². The summed E-state index contributed by atoms with van der Waals surface area (Å²) >= 11 is 0. The summed E-state index contributed by atoms with van der Waals surface area (Å²) in [6.07, 6.45) is -0.348. The predicted octanol–water partition coefficient (Wildman–Crippen LogP) is 0.957. The second kappa shape index (κ2) is 1.43. The molecule has 0 aliphatic heterocycles. The Morgan fingerprint density at radius 2 is 2.11 bits per heavy atom. The molecule has 1 aliphatic carbocycles. The fraction of sp³-hybridized carbons (Fsp3) is 0.800. The molecule has 2 unspecified atom stereocenters. The molecular weight excluding hydrogens is 130 g/mol. The number of rotatable bonds is 2. The van der Waals surface area contributed by atoms with Crippen LogP contribution >= 0.6 is 0 Å². The second-order valence-corrected chi connectivity index (χ2v) is 2.32. The van der Waals surface area contributed by atoms with Crippen LogP contribution in [-0.4, -0.2) is 18.0 Å². The van der Waals surface area contributed by atoms with E-state index >= 15 is 0 Å². The van der Waals surface area contributed by atoms with Crippen LogP contribution in [0.3, 0.4) is 0 Å². The SMILES string of the molecule is CC1(F)CC1(F)OC=O. The molecule has 0 aromatic heterocycles. The smallest absolute Gasteiger partial charge is 0.295 e. The number of carbonyl (C=O) groups is 1. The molecule has 0 bridgehead atoms. The monoisotopic (exact) mass is 136 g/mol. The first-order valence-corrected chi connectivity index (χ1v) is 2.51. The molecule has 4 heteroatoms. The van der Waals surface area contributed by atoms with Crippen molar-refractivity contribution in [3.05, 3.63) is 0 Å². The van der Waals surface area contributed by atoms with Crippen LogP contribution in [-0.2, 0) is 9.53 Å². The first-order chi connectivity index (χ1) is 4.02. The zero-order valence-electron chi connectivity index (χ0n) is 4.86. The Morgan fingerprint density at radius 3 is 2.22 bits per heavy atom. The van der Waals surface area contributed by atoms with Gasteiger partial charge in [-0.15, -0.1) is 0 Å². The van der Waals surface area contributed by atoms with Gasteiger partial charge in [-0.05, 0) is 6.92 Å². The summed E-state index contributed by atoms with van der Waals surface area (Å²) in [5.74, 6) is -2.34. The second-order valence-electron chi connectivity index (χ2n) is 2.32. The van der Waals surface area contributed by atoms with E-state index in [1.165, 1.54) is 0 Å². The largest absolute Gasteiger partial charge is 0.427 e. The summed E-state index contributed by atoms with van der Waals surface area (Å²) in [6.45, 7) is 0.974. The van der Waals surface area contributed by atoms with E-state index in [2.05, 4.69) is 4.74 Å². The third-order valence-corrected chi connectivity index (χ3v) is 1.45. The van der Waals surface area contributed by atoms with Gasteiger partial charge >= 0.3 is 0 Å². The minimum atomic E-state index is -2.34.